The van der Waals surface area contributed by atoms with Gasteiger partial charge in [-0.25, -0.2) is 0 Å². The number of phenols is 1. The first kappa shape index (κ1) is 14.7. The molecule has 1 N–H and O–H groups in total. The van der Waals surface area contributed by atoms with E-state index in [1.54, 1.807) is 17.0 Å². The molecule has 1 aromatic carbocycles. The van der Waals surface area contributed by atoms with Gasteiger partial charge >= 0.3 is 0 Å². The molecule has 5 heteroatoms. The fraction of sp³-hybridized carbons (Fsp3) is 0.533. The summed E-state index contributed by atoms with van der Waals surface area (Å²) in [5.41, 5.74) is 0.304. The Morgan fingerprint density at radius 3 is 2.90 bits per heavy atom. The van der Waals surface area contributed by atoms with Crippen LogP contribution in [0.25, 0.3) is 0 Å². The third kappa shape index (κ3) is 2.88. The Bertz CT molecular complexity index is 489. The van der Waals surface area contributed by atoms with Crippen molar-refractivity contribution in [3.05, 3.63) is 23.8 Å². The number of nitrogens with zero attached hydrogens (tertiary/aromatic N) is 1. The van der Waals surface area contributed by atoms with Crippen LogP contribution in [-0.2, 0) is 4.74 Å². The Morgan fingerprint density at radius 1 is 1.55 bits per heavy atom. The highest BCUT2D eigenvalue weighted by atomic mass is 16.5. The molecule has 1 heterocycles. The molecule has 0 radical (unpaired) electrons. The van der Waals surface area contributed by atoms with E-state index in [9.17, 15) is 9.90 Å². The summed E-state index contributed by atoms with van der Waals surface area (Å²) in [5, 5.41) is 9.99. The molecule has 1 saturated heterocycles. The van der Waals surface area contributed by atoms with Gasteiger partial charge in [0.1, 0.15) is 11.5 Å². The molecule has 2 atom stereocenters. The number of methoxy groups -OCH3 is 1. The van der Waals surface area contributed by atoms with Crippen molar-refractivity contribution in [1.29, 1.82) is 0 Å². The number of hydrogen-bond acceptors (Lipinski definition) is 4. The van der Waals surface area contributed by atoms with Crippen LogP contribution in [0.3, 0.4) is 0 Å². The van der Waals surface area contributed by atoms with Gasteiger partial charge in [-0.15, -0.1) is 0 Å². The number of morpholine rings is 1. The number of carbonyl (C=O) groups is 1. The average Bonchev–Trinajstić information content (AvgIpc) is 2.46. The molecule has 5 nitrogen and oxygen atoms in total. The van der Waals surface area contributed by atoms with Crippen LogP contribution < -0.4 is 4.74 Å². The zero-order valence-electron chi connectivity index (χ0n) is 12.1. The molecule has 0 spiro atoms. The Hall–Kier alpha value is -1.75. The van der Waals surface area contributed by atoms with Gasteiger partial charge in [-0.05, 0) is 25.5 Å². The molecule has 0 bridgehead atoms. The molecule has 0 aliphatic carbocycles. The second kappa shape index (κ2) is 6.13. The van der Waals surface area contributed by atoms with Crippen LogP contribution in [0.15, 0.2) is 18.2 Å². The second-order valence-corrected chi connectivity index (χ2v) is 5.05. The van der Waals surface area contributed by atoms with Crippen molar-refractivity contribution >= 4 is 5.91 Å². The number of carbonyl (C=O) groups excluding carboxylic acids is 1. The number of aromatic hydroxyl groups is 1. The lowest BCUT2D eigenvalue weighted by Crippen LogP contribution is -2.51. The van der Waals surface area contributed by atoms with Crippen molar-refractivity contribution in [2.75, 3.05) is 20.3 Å². The lowest BCUT2D eigenvalue weighted by Gasteiger charge is -2.38. The normalized spacial score (nSPS) is 22.6. The van der Waals surface area contributed by atoms with Crippen molar-refractivity contribution < 1.29 is 19.4 Å². The average molecular weight is 279 g/mol. The molecule has 2 unspecified atom stereocenters. The molecule has 1 fully saturated rings. The smallest absolute Gasteiger partial charge is 0.258 e. The van der Waals surface area contributed by atoms with Crippen molar-refractivity contribution in [1.82, 2.24) is 4.90 Å². The van der Waals surface area contributed by atoms with E-state index in [-0.39, 0.29) is 23.8 Å². The summed E-state index contributed by atoms with van der Waals surface area (Å²) >= 11 is 0. The molecular formula is C15H21NO4. The molecule has 1 aromatic rings. The van der Waals surface area contributed by atoms with E-state index < -0.39 is 0 Å². The van der Waals surface area contributed by atoms with Gasteiger partial charge in [-0.3, -0.25) is 4.79 Å². The molecule has 110 valence electrons. The maximum absolute atomic E-state index is 12.6. The SMILES string of the molecule is CCC1COC(C)CN1C(=O)c1ccc(OC)cc1O. The lowest BCUT2D eigenvalue weighted by molar-refractivity contribution is -0.0444. The van der Waals surface area contributed by atoms with Crippen LogP contribution >= 0.6 is 0 Å². The van der Waals surface area contributed by atoms with E-state index in [1.807, 2.05) is 13.8 Å². The van der Waals surface area contributed by atoms with Crippen LogP contribution in [0.1, 0.15) is 30.6 Å². The van der Waals surface area contributed by atoms with Crippen LogP contribution in [-0.4, -0.2) is 48.3 Å². The summed E-state index contributed by atoms with van der Waals surface area (Å²) in [7, 11) is 1.52. The van der Waals surface area contributed by atoms with E-state index >= 15 is 0 Å². The Morgan fingerprint density at radius 2 is 2.30 bits per heavy atom. The first-order chi connectivity index (χ1) is 9.56. The van der Waals surface area contributed by atoms with Crippen molar-refractivity contribution in [2.24, 2.45) is 0 Å². The largest absolute Gasteiger partial charge is 0.507 e. The van der Waals surface area contributed by atoms with Crippen LogP contribution in [0.2, 0.25) is 0 Å². The van der Waals surface area contributed by atoms with Crippen LogP contribution in [0, 0.1) is 0 Å². The van der Waals surface area contributed by atoms with E-state index in [4.69, 9.17) is 9.47 Å². The van der Waals surface area contributed by atoms with Crippen molar-refractivity contribution in [3.8, 4) is 11.5 Å². The highest BCUT2D eigenvalue weighted by Crippen LogP contribution is 2.26. The standard InChI is InChI=1S/C15H21NO4/c1-4-11-9-20-10(2)8-16(11)15(18)13-6-5-12(19-3)7-14(13)17/h5-7,10-11,17H,4,8-9H2,1-3H3. The molecule has 2 rings (SSSR count). The van der Waals surface area contributed by atoms with Gasteiger partial charge in [0.05, 0.1) is 31.4 Å². The van der Waals surface area contributed by atoms with E-state index in [2.05, 4.69) is 0 Å². The number of amides is 1. The zero-order chi connectivity index (χ0) is 14.7. The Labute approximate surface area is 119 Å². The van der Waals surface area contributed by atoms with Gasteiger partial charge in [0.2, 0.25) is 0 Å². The number of phenolic OH excluding ortho intramolecular Hbond substituents is 1. The van der Waals surface area contributed by atoms with E-state index in [1.165, 1.54) is 13.2 Å². The summed E-state index contributed by atoms with van der Waals surface area (Å²) < 4.78 is 10.6. The summed E-state index contributed by atoms with van der Waals surface area (Å²) in [5.74, 6) is 0.317. The predicted octanol–water partition coefficient (Wildman–Crippen LogP) is 2.04. The Kier molecular flexibility index (Phi) is 4.49. The lowest BCUT2D eigenvalue weighted by atomic mass is 10.1. The molecule has 1 amide bonds. The fourth-order valence-electron chi connectivity index (χ4n) is 2.41. The van der Waals surface area contributed by atoms with Gasteiger partial charge < -0.3 is 19.5 Å². The minimum Gasteiger partial charge on any atom is -0.507 e. The number of ether oxygens (including phenoxy) is 2. The maximum Gasteiger partial charge on any atom is 0.258 e. The molecular weight excluding hydrogens is 258 g/mol. The van der Waals surface area contributed by atoms with E-state index in [0.29, 0.717) is 24.5 Å². The van der Waals surface area contributed by atoms with E-state index in [0.717, 1.165) is 6.42 Å². The quantitative estimate of drug-likeness (QED) is 0.920. The third-order valence-corrected chi connectivity index (χ3v) is 3.64. The minimum absolute atomic E-state index is 0.0159. The number of rotatable bonds is 3. The first-order valence-electron chi connectivity index (χ1n) is 6.86. The summed E-state index contributed by atoms with van der Waals surface area (Å²) in [4.78, 5) is 14.4. The molecule has 1 aliphatic rings. The van der Waals surface area contributed by atoms with Crippen molar-refractivity contribution in [3.63, 3.8) is 0 Å². The van der Waals surface area contributed by atoms with Gasteiger partial charge in [0.15, 0.2) is 0 Å². The van der Waals surface area contributed by atoms with Crippen molar-refractivity contribution in [2.45, 2.75) is 32.4 Å². The molecule has 20 heavy (non-hydrogen) atoms. The van der Waals surface area contributed by atoms with Gasteiger partial charge in [0, 0.05) is 12.6 Å². The molecule has 0 aromatic heterocycles. The fourth-order valence-corrected chi connectivity index (χ4v) is 2.41. The number of hydrogen-bond donors (Lipinski definition) is 1. The third-order valence-electron chi connectivity index (χ3n) is 3.64. The predicted molar refractivity (Wildman–Crippen MR) is 75.2 cm³/mol. The highest BCUT2D eigenvalue weighted by molar-refractivity contribution is 5.97. The highest BCUT2D eigenvalue weighted by Gasteiger charge is 2.31. The first-order valence-corrected chi connectivity index (χ1v) is 6.86. The number of benzene rings is 1. The molecule has 1 aliphatic heterocycles. The minimum atomic E-state index is -0.160. The maximum atomic E-state index is 12.6. The van der Waals surface area contributed by atoms with Gasteiger partial charge in [-0.2, -0.15) is 0 Å². The van der Waals surface area contributed by atoms with Crippen LogP contribution in [0.4, 0.5) is 0 Å². The van der Waals surface area contributed by atoms with Gasteiger partial charge in [0.25, 0.3) is 5.91 Å². The topological polar surface area (TPSA) is 59.0 Å². The summed E-state index contributed by atoms with van der Waals surface area (Å²) in [6.07, 6.45) is 0.845. The zero-order valence-corrected chi connectivity index (χ0v) is 12.1. The summed E-state index contributed by atoms with van der Waals surface area (Å²) in [6.45, 7) is 5.06. The van der Waals surface area contributed by atoms with Gasteiger partial charge in [-0.1, -0.05) is 6.92 Å². The summed E-state index contributed by atoms with van der Waals surface area (Å²) in [6, 6.07) is 4.79. The monoisotopic (exact) mass is 279 g/mol. The van der Waals surface area contributed by atoms with Crippen LogP contribution in [0.5, 0.6) is 11.5 Å². The molecule has 0 saturated carbocycles. The second-order valence-electron chi connectivity index (χ2n) is 5.05. The Balaban J connectivity index is 2.24.